The zero-order chi connectivity index (χ0) is 15.7. The van der Waals surface area contributed by atoms with Gasteiger partial charge in [-0.25, -0.2) is 0 Å². The molecule has 3 unspecified atom stereocenters. The Morgan fingerprint density at radius 3 is 2.33 bits per heavy atom. The van der Waals surface area contributed by atoms with Crippen molar-refractivity contribution in [3.63, 3.8) is 0 Å². The second-order valence-electron chi connectivity index (χ2n) is 5.37. The van der Waals surface area contributed by atoms with Crippen LogP contribution in [-0.2, 0) is 9.47 Å². The summed E-state index contributed by atoms with van der Waals surface area (Å²) >= 11 is 0. The van der Waals surface area contributed by atoms with E-state index in [9.17, 15) is 5.11 Å². The van der Waals surface area contributed by atoms with Crippen LogP contribution < -0.4 is 0 Å². The molecule has 0 aliphatic carbocycles. The van der Waals surface area contributed by atoms with E-state index in [-0.39, 0.29) is 12.1 Å². The average molecular weight is 295 g/mol. The van der Waals surface area contributed by atoms with Crippen molar-refractivity contribution in [2.24, 2.45) is 0 Å². The third-order valence-electron chi connectivity index (χ3n) is 3.88. The van der Waals surface area contributed by atoms with Gasteiger partial charge in [0.05, 0.1) is 19.3 Å². The number of hydrogen-bond acceptors (Lipinski definition) is 4. The molecule has 4 heteroatoms. The number of hydrogen-bond donors (Lipinski definition) is 1. The van der Waals surface area contributed by atoms with Gasteiger partial charge in [0.25, 0.3) is 0 Å². The van der Waals surface area contributed by atoms with Gasteiger partial charge in [-0.15, -0.1) is 0 Å². The van der Waals surface area contributed by atoms with Gasteiger partial charge in [0.2, 0.25) is 0 Å². The summed E-state index contributed by atoms with van der Waals surface area (Å²) in [7, 11) is 3.41. The molecule has 0 amide bonds. The lowest BCUT2D eigenvalue weighted by Gasteiger charge is -2.38. The highest BCUT2D eigenvalue weighted by Gasteiger charge is 2.28. The molecule has 1 aromatic carbocycles. The summed E-state index contributed by atoms with van der Waals surface area (Å²) in [4.78, 5) is 2.28. The molecule has 0 saturated heterocycles. The number of nitrogens with zero attached hydrogens (tertiary/aromatic N) is 1. The third-order valence-corrected chi connectivity index (χ3v) is 3.88. The molecule has 0 aliphatic rings. The Bertz CT molecular complexity index is 372. The molecular weight excluding hydrogens is 266 g/mol. The summed E-state index contributed by atoms with van der Waals surface area (Å²) in [6.45, 7) is 6.30. The zero-order valence-electron chi connectivity index (χ0n) is 13.7. The lowest BCUT2D eigenvalue weighted by molar-refractivity contribution is -0.00966. The van der Waals surface area contributed by atoms with Crippen molar-refractivity contribution in [2.45, 2.75) is 38.5 Å². The van der Waals surface area contributed by atoms with Crippen molar-refractivity contribution in [3.8, 4) is 0 Å². The molecule has 1 aromatic rings. The number of aliphatic hydroxyl groups excluding tert-OH is 1. The van der Waals surface area contributed by atoms with Crippen LogP contribution in [0.1, 0.15) is 31.9 Å². The summed E-state index contributed by atoms with van der Waals surface area (Å²) in [6, 6.07) is 10.1. The fraction of sp³-hybridized carbons (Fsp3) is 0.647. The molecule has 21 heavy (non-hydrogen) atoms. The number of aliphatic hydroxyl groups is 1. The van der Waals surface area contributed by atoms with Crippen LogP contribution >= 0.6 is 0 Å². The van der Waals surface area contributed by atoms with Gasteiger partial charge in [0.1, 0.15) is 0 Å². The molecule has 0 bridgehead atoms. The van der Waals surface area contributed by atoms with Crippen LogP contribution in [0.25, 0.3) is 0 Å². The Balaban J connectivity index is 2.88. The Morgan fingerprint density at radius 2 is 1.81 bits per heavy atom. The maximum Gasteiger partial charge on any atom is 0.0945 e. The fourth-order valence-electron chi connectivity index (χ4n) is 2.76. The standard InChI is InChI=1S/C17H29NO3/c1-5-16(17(19)15-9-7-6-8-10-15)18(11-12-20-3)14(2)13-21-4/h6-10,14,16-17,19H,5,11-13H2,1-4H3. The normalized spacial score (nSPS) is 15.9. The van der Waals surface area contributed by atoms with Crippen LogP contribution in [0.2, 0.25) is 0 Å². The van der Waals surface area contributed by atoms with Gasteiger partial charge >= 0.3 is 0 Å². The molecule has 0 saturated carbocycles. The van der Waals surface area contributed by atoms with Crippen molar-refractivity contribution in [1.82, 2.24) is 4.90 Å². The first kappa shape index (κ1) is 18.1. The molecule has 3 atom stereocenters. The first-order valence-corrected chi connectivity index (χ1v) is 7.62. The first-order valence-electron chi connectivity index (χ1n) is 7.62. The van der Waals surface area contributed by atoms with Crippen LogP contribution in [0.4, 0.5) is 0 Å². The fourth-order valence-corrected chi connectivity index (χ4v) is 2.76. The van der Waals surface area contributed by atoms with Crippen molar-refractivity contribution in [3.05, 3.63) is 35.9 Å². The molecule has 0 radical (unpaired) electrons. The van der Waals surface area contributed by atoms with Gasteiger partial charge < -0.3 is 14.6 Å². The zero-order valence-corrected chi connectivity index (χ0v) is 13.7. The number of ether oxygens (including phenoxy) is 2. The van der Waals surface area contributed by atoms with Gasteiger partial charge in [0, 0.05) is 32.8 Å². The van der Waals surface area contributed by atoms with Crippen molar-refractivity contribution >= 4 is 0 Å². The van der Waals surface area contributed by atoms with E-state index in [0.717, 1.165) is 18.5 Å². The molecule has 0 aliphatic heterocycles. The van der Waals surface area contributed by atoms with Gasteiger partial charge in [-0.1, -0.05) is 37.3 Å². The molecule has 0 spiro atoms. The minimum Gasteiger partial charge on any atom is -0.387 e. The SMILES string of the molecule is CCC(C(O)c1ccccc1)N(CCOC)C(C)COC. The van der Waals surface area contributed by atoms with E-state index in [1.165, 1.54) is 0 Å². The predicted octanol–water partition coefficient (Wildman–Crippen LogP) is 2.48. The van der Waals surface area contributed by atoms with E-state index in [1.807, 2.05) is 30.3 Å². The molecule has 0 fully saturated rings. The largest absolute Gasteiger partial charge is 0.387 e. The highest BCUT2D eigenvalue weighted by molar-refractivity contribution is 5.19. The Morgan fingerprint density at radius 1 is 1.14 bits per heavy atom. The van der Waals surface area contributed by atoms with E-state index < -0.39 is 6.10 Å². The van der Waals surface area contributed by atoms with Crippen LogP contribution in [0, 0.1) is 0 Å². The second kappa shape index (κ2) is 9.90. The van der Waals surface area contributed by atoms with E-state index in [0.29, 0.717) is 13.2 Å². The Hall–Kier alpha value is -0.940. The maximum absolute atomic E-state index is 10.7. The van der Waals surface area contributed by atoms with E-state index >= 15 is 0 Å². The lowest BCUT2D eigenvalue weighted by Crippen LogP contribution is -2.48. The lowest BCUT2D eigenvalue weighted by atomic mass is 9.97. The van der Waals surface area contributed by atoms with Crippen LogP contribution in [0.5, 0.6) is 0 Å². The summed E-state index contributed by atoms with van der Waals surface area (Å²) in [5, 5.41) is 10.7. The number of benzene rings is 1. The average Bonchev–Trinajstić information content (AvgIpc) is 2.52. The molecule has 1 N–H and O–H groups in total. The van der Waals surface area contributed by atoms with Crippen LogP contribution in [-0.4, -0.2) is 56.1 Å². The number of rotatable bonds is 10. The highest BCUT2D eigenvalue weighted by atomic mass is 16.5. The molecule has 120 valence electrons. The molecule has 4 nitrogen and oxygen atoms in total. The Kier molecular flexibility index (Phi) is 8.54. The highest BCUT2D eigenvalue weighted by Crippen LogP contribution is 2.25. The minimum absolute atomic E-state index is 0.0488. The maximum atomic E-state index is 10.7. The third kappa shape index (κ3) is 5.40. The molecule has 0 aromatic heterocycles. The Labute approximate surface area is 128 Å². The van der Waals surface area contributed by atoms with Crippen molar-refractivity contribution in [1.29, 1.82) is 0 Å². The van der Waals surface area contributed by atoms with E-state index in [4.69, 9.17) is 9.47 Å². The van der Waals surface area contributed by atoms with Crippen LogP contribution in [0.15, 0.2) is 30.3 Å². The minimum atomic E-state index is -0.507. The smallest absolute Gasteiger partial charge is 0.0945 e. The monoisotopic (exact) mass is 295 g/mol. The summed E-state index contributed by atoms with van der Waals surface area (Å²) in [5.74, 6) is 0. The quantitative estimate of drug-likeness (QED) is 0.720. The topological polar surface area (TPSA) is 41.9 Å². The molecule has 0 heterocycles. The van der Waals surface area contributed by atoms with E-state index in [2.05, 4.69) is 18.7 Å². The van der Waals surface area contributed by atoms with E-state index in [1.54, 1.807) is 14.2 Å². The summed E-state index contributed by atoms with van der Waals surface area (Å²) < 4.78 is 10.5. The van der Waals surface area contributed by atoms with Gasteiger partial charge in [-0.05, 0) is 18.9 Å². The van der Waals surface area contributed by atoms with Crippen LogP contribution in [0.3, 0.4) is 0 Å². The second-order valence-corrected chi connectivity index (χ2v) is 5.37. The summed E-state index contributed by atoms with van der Waals surface area (Å²) in [5.41, 5.74) is 0.955. The van der Waals surface area contributed by atoms with Gasteiger partial charge in [0.15, 0.2) is 0 Å². The molecular formula is C17H29NO3. The predicted molar refractivity (Wildman–Crippen MR) is 85.4 cm³/mol. The summed E-state index contributed by atoms with van der Waals surface area (Å²) in [6.07, 6.45) is 0.362. The van der Waals surface area contributed by atoms with Crippen molar-refractivity contribution in [2.75, 3.05) is 34.0 Å². The first-order chi connectivity index (χ1) is 10.2. The van der Waals surface area contributed by atoms with Gasteiger partial charge in [-0.2, -0.15) is 0 Å². The van der Waals surface area contributed by atoms with Gasteiger partial charge in [-0.3, -0.25) is 4.90 Å². The molecule has 1 rings (SSSR count). The number of methoxy groups -OCH3 is 2. The van der Waals surface area contributed by atoms with Crippen molar-refractivity contribution < 1.29 is 14.6 Å².